The van der Waals surface area contributed by atoms with Crippen molar-refractivity contribution in [1.82, 2.24) is 15.6 Å². The number of nitrogens with zero attached hydrogens (tertiary/aromatic N) is 2. The number of rotatable bonds is 7. The fourth-order valence-corrected chi connectivity index (χ4v) is 3.13. The van der Waals surface area contributed by atoms with Gasteiger partial charge in [0.15, 0.2) is 5.96 Å². The molecule has 126 valence electrons. The molecule has 0 spiro atoms. The van der Waals surface area contributed by atoms with Crippen LogP contribution in [0.1, 0.15) is 36.1 Å². The van der Waals surface area contributed by atoms with Gasteiger partial charge < -0.3 is 15.4 Å². The smallest absolute Gasteiger partial charge is 0.191 e. The lowest BCUT2D eigenvalue weighted by atomic mass is 10.2. The van der Waals surface area contributed by atoms with Gasteiger partial charge in [-0.3, -0.25) is 4.99 Å². The third kappa shape index (κ3) is 7.23. The predicted molar refractivity (Wildman–Crippen MR) is 104 cm³/mol. The van der Waals surface area contributed by atoms with Crippen molar-refractivity contribution in [3.63, 3.8) is 0 Å². The summed E-state index contributed by atoms with van der Waals surface area (Å²) in [5.74, 6) is 0.892. The Kier molecular flexibility index (Phi) is 9.98. The zero-order valence-corrected chi connectivity index (χ0v) is 16.6. The van der Waals surface area contributed by atoms with Gasteiger partial charge in [0, 0.05) is 43.7 Å². The lowest BCUT2D eigenvalue weighted by Gasteiger charge is -2.11. The molecule has 0 saturated carbocycles. The number of guanidine groups is 1. The average Bonchev–Trinajstić information content (AvgIpc) is 3.11. The van der Waals surface area contributed by atoms with E-state index in [0.29, 0.717) is 6.10 Å². The molecular weight excluding hydrogens is 411 g/mol. The first-order valence-electron chi connectivity index (χ1n) is 7.83. The summed E-state index contributed by atoms with van der Waals surface area (Å²) in [5, 5.41) is 7.83. The number of aromatic nitrogens is 1. The molecule has 0 amide bonds. The molecule has 1 aromatic heterocycles. The molecule has 1 unspecified atom stereocenters. The number of ether oxygens (including phenoxy) is 1. The van der Waals surface area contributed by atoms with Crippen LogP contribution in [0.4, 0.5) is 0 Å². The van der Waals surface area contributed by atoms with Gasteiger partial charge in [0.05, 0.1) is 11.1 Å². The van der Waals surface area contributed by atoms with Crippen molar-refractivity contribution in [3.05, 3.63) is 16.1 Å². The van der Waals surface area contributed by atoms with Crippen LogP contribution in [0, 0.1) is 6.92 Å². The van der Waals surface area contributed by atoms with Gasteiger partial charge in [-0.15, -0.1) is 35.3 Å². The summed E-state index contributed by atoms with van der Waals surface area (Å²) in [4.78, 5) is 10.3. The Labute approximate surface area is 154 Å². The van der Waals surface area contributed by atoms with E-state index in [0.717, 1.165) is 45.0 Å². The molecule has 0 bridgehead atoms. The maximum Gasteiger partial charge on any atom is 0.191 e. The predicted octanol–water partition coefficient (Wildman–Crippen LogP) is 2.74. The Morgan fingerprint density at radius 1 is 1.50 bits per heavy atom. The summed E-state index contributed by atoms with van der Waals surface area (Å²) < 4.78 is 5.62. The molecule has 0 aromatic carbocycles. The fraction of sp³-hybridized carbons (Fsp3) is 0.733. The first kappa shape index (κ1) is 19.6. The minimum Gasteiger partial charge on any atom is -0.378 e. The summed E-state index contributed by atoms with van der Waals surface area (Å²) >= 11 is 1.76. The highest BCUT2D eigenvalue weighted by atomic mass is 127. The Bertz CT molecular complexity index is 447. The van der Waals surface area contributed by atoms with Crippen LogP contribution in [0.5, 0.6) is 0 Å². The van der Waals surface area contributed by atoms with E-state index in [-0.39, 0.29) is 24.0 Å². The van der Waals surface area contributed by atoms with E-state index < -0.39 is 0 Å². The highest BCUT2D eigenvalue weighted by molar-refractivity contribution is 14.0. The number of aryl methyl sites for hydroxylation is 1. The van der Waals surface area contributed by atoms with Crippen LogP contribution in [0.2, 0.25) is 0 Å². The highest BCUT2D eigenvalue weighted by Crippen LogP contribution is 2.15. The molecule has 0 aliphatic carbocycles. The normalized spacial score (nSPS) is 18.1. The first-order valence-corrected chi connectivity index (χ1v) is 8.64. The second kappa shape index (κ2) is 11.2. The maximum atomic E-state index is 5.62. The summed E-state index contributed by atoms with van der Waals surface area (Å²) in [7, 11) is 0. The molecule has 1 aliphatic rings. The molecular formula is C15H27IN4OS. The van der Waals surface area contributed by atoms with E-state index in [2.05, 4.69) is 34.5 Å². The minimum absolute atomic E-state index is 0. The lowest BCUT2D eigenvalue weighted by Crippen LogP contribution is -2.38. The maximum absolute atomic E-state index is 5.62. The molecule has 1 atom stereocenters. The van der Waals surface area contributed by atoms with Gasteiger partial charge >= 0.3 is 0 Å². The average molecular weight is 438 g/mol. The van der Waals surface area contributed by atoms with E-state index in [9.17, 15) is 0 Å². The summed E-state index contributed by atoms with van der Waals surface area (Å²) in [6, 6.07) is 0. The van der Waals surface area contributed by atoms with Crippen molar-refractivity contribution in [2.75, 3.05) is 26.2 Å². The van der Waals surface area contributed by atoms with Crippen LogP contribution >= 0.6 is 35.3 Å². The summed E-state index contributed by atoms with van der Waals surface area (Å²) in [6.07, 6.45) is 6.68. The standard InChI is InChI=1S/C15H26N4OS.HI/c1-3-16-15(17-8-6-13-5-4-10-20-13)18-9-7-14-19-11-12(2)21-14;/h11,13H,3-10H2,1-2H3,(H2,16,17,18);1H. The van der Waals surface area contributed by atoms with E-state index in [1.807, 2.05) is 6.20 Å². The van der Waals surface area contributed by atoms with Crippen LogP contribution in [0.3, 0.4) is 0 Å². The minimum atomic E-state index is 0. The van der Waals surface area contributed by atoms with Gasteiger partial charge in [0.25, 0.3) is 0 Å². The molecule has 0 radical (unpaired) electrons. The Morgan fingerprint density at radius 2 is 2.36 bits per heavy atom. The van der Waals surface area contributed by atoms with Crippen molar-refractivity contribution in [2.45, 2.75) is 45.6 Å². The van der Waals surface area contributed by atoms with Gasteiger partial charge in [0.1, 0.15) is 0 Å². The van der Waals surface area contributed by atoms with Gasteiger partial charge in [-0.25, -0.2) is 4.98 Å². The van der Waals surface area contributed by atoms with Crippen LogP contribution in [0.15, 0.2) is 11.2 Å². The third-order valence-electron chi connectivity index (χ3n) is 3.39. The number of hydrogen-bond donors (Lipinski definition) is 2. The molecule has 2 heterocycles. The molecule has 22 heavy (non-hydrogen) atoms. The SMILES string of the molecule is CCNC(=NCCC1CCCO1)NCCc1ncc(C)s1.I. The van der Waals surface area contributed by atoms with Gasteiger partial charge in [-0.1, -0.05) is 0 Å². The second-order valence-corrected chi connectivity index (χ2v) is 6.55. The zero-order valence-electron chi connectivity index (χ0n) is 13.4. The number of aliphatic imine (C=N–C) groups is 1. The van der Waals surface area contributed by atoms with Crippen LogP contribution in [-0.4, -0.2) is 43.3 Å². The molecule has 7 heteroatoms. The first-order chi connectivity index (χ1) is 10.3. The number of nitrogens with one attached hydrogen (secondary N) is 2. The monoisotopic (exact) mass is 438 g/mol. The van der Waals surface area contributed by atoms with Crippen LogP contribution < -0.4 is 10.6 Å². The van der Waals surface area contributed by atoms with Gasteiger partial charge in [-0.2, -0.15) is 0 Å². The largest absolute Gasteiger partial charge is 0.378 e. The zero-order chi connectivity index (χ0) is 14.9. The quantitative estimate of drug-likeness (QED) is 0.391. The molecule has 1 aliphatic heterocycles. The Balaban J connectivity index is 0.00000242. The molecule has 1 saturated heterocycles. The van der Waals surface area contributed by atoms with E-state index in [1.54, 1.807) is 11.3 Å². The van der Waals surface area contributed by atoms with Crippen LogP contribution in [-0.2, 0) is 11.2 Å². The highest BCUT2D eigenvalue weighted by Gasteiger charge is 2.14. The molecule has 1 fully saturated rings. The number of halogens is 1. The van der Waals surface area contributed by atoms with E-state index >= 15 is 0 Å². The van der Waals surface area contributed by atoms with E-state index in [4.69, 9.17) is 4.74 Å². The van der Waals surface area contributed by atoms with Crippen molar-refractivity contribution in [3.8, 4) is 0 Å². The van der Waals surface area contributed by atoms with Crippen molar-refractivity contribution >= 4 is 41.3 Å². The van der Waals surface area contributed by atoms with Gasteiger partial charge in [-0.05, 0) is 33.1 Å². The lowest BCUT2D eigenvalue weighted by molar-refractivity contribution is 0.106. The second-order valence-electron chi connectivity index (χ2n) is 5.23. The van der Waals surface area contributed by atoms with Gasteiger partial charge in [0.2, 0.25) is 0 Å². The Hall–Kier alpha value is -0.410. The van der Waals surface area contributed by atoms with Crippen molar-refractivity contribution < 1.29 is 4.74 Å². The third-order valence-corrected chi connectivity index (χ3v) is 4.36. The summed E-state index contributed by atoms with van der Waals surface area (Å²) in [5.41, 5.74) is 0. The summed E-state index contributed by atoms with van der Waals surface area (Å²) in [6.45, 7) is 7.64. The molecule has 2 N–H and O–H groups in total. The molecule has 1 aromatic rings. The molecule has 5 nitrogen and oxygen atoms in total. The van der Waals surface area contributed by atoms with Crippen molar-refractivity contribution in [1.29, 1.82) is 0 Å². The Morgan fingerprint density at radius 3 is 3.00 bits per heavy atom. The molecule has 2 rings (SSSR count). The van der Waals surface area contributed by atoms with Crippen LogP contribution in [0.25, 0.3) is 0 Å². The number of thiazole rings is 1. The topological polar surface area (TPSA) is 58.5 Å². The number of hydrogen-bond acceptors (Lipinski definition) is 4. The van der Waals surface area contributed by atoms with Crippen molar-refractivity contribution in [2.24, 2.45) is 4.99 Å². The fourth-order valence-electron chi connectivity index (χ4n) is 2.34. The van der Waals surface area contributed by atoms with E-state index in [1.165, 1.54) is 22.7 Å².